The predicted octanol–water partition coefficient (Wildman–Crippen LogP) is 3.75. The highest BCUT2D eigenvalue weighted by molar-refractivity contribution is 14.0. The van der Waals surface area contributed by atoms with Crippen LogP contribution >= 0.6 is 47.2 Å². The van der Waals surface area contributed by atoms with E-state index in [4.69, 9.17) is 27.9 Å². The van der Waals surface area contributed by atoms with Crippen molar-refractivity contribution >= 4 is 53.1 Å². The third kappa shape index (κ3) is 9.02. The molecule has 22 heavy (non-hydrogen) atoms. The topological polar surface area (TPSA) is 45.6 Å². The van der Waals surface area contributed by atoms with Crippen LogP contribution < -0.4 is 10.6 Å². The number of ether oxygens (including phenoxy) is 1. The summed E-state index contributed by atoms with van der Waals surface area (Å²) >= 11 is 12.0. The maximum Gasteiger partial charge on any atom is 0.190 e. The summed E-state index contributed by atoms with van der Waals surface area (Å²) in [6.45, 7) is 5.11. The van der Waals surface area contributed by atoms with Crippen molar-refractivity contribution in [2.75, 3.05) is 33.4 Å². The van der Waals surface area contributed by atoms with Crippen LogP contribution in [0, 0.1) is 0 Å². The summed E-state index contributed by atoms with van der Waals surface area (Å²) in [6, 6.07) is 5.56. The van der Waals surface area contributed by atoms with Gasteiger partial charge in [0, 0.05) is 43.4 Å². The van der Waals surface area contributed by atoms with E-state index in [1.54, 1.807) is 13.1 Å². The number of nitrogens with one attached hydrogen (secondary N) is 2. The van der Waals surface area contributed by atoms with Gasteiger partial charge >= 0.3 is 0 Å². The zero-order valence-corrected chi connectivity index (χ0v) is 16.8. The van der Waals surface area contributed by atoms with Crippen molar-refractivity contribution in [1.82, 2.24) is 10.6 Å². The van der Waals surface area contributed by atoms with Gasteiger partial charge in [0.05, 0.1) is 0 Å². The molecule has 0 spiro atoms. The van der Waals surface area contributed by atoms with Crippen molar-refractivity contribution in [2.24, 2.45) is 4.99 Å². The van der Waals surface area contributed by atoms with Crippen molar-refractivity contribution in [3.63, 3.8) is 0 Å². The Morgan fingerprint density at radius 2 is 1.95 bits per heavy atom. The van der Waals surface area contributed by atoms with Gasteiger partial charge in [-0.25, -0.2) is 0 Å². The molecule has 0 heterocycles. The molecule has 0 amide bonds. The van der Waals surface area contributed by atoms with Crippen LogP contribution in [0.5, 0.6) is 0 Å². The Hall–Kier alpha value is -0.240. The van der Waals surface area contributed by atoms with Crippen LogP contribution in [0.1, 0.15) is 18.9 Å². The summed E-state index contributed by atoms with van der Waals surface area (Å²) in [7, 11) is 1.76. The molecule has 0 aromatic heterocycles. The maximum absolute atomic E-state index is 6.14. The lowest BCUT2D eigenvalue weighted by molar-refractivity contribution is 0.145. The van der Waals surface area contributed by atoms with Gasteiger partial charge in [-0.05, 0) is 37.5 Å². The molecule has 1 aromatic rings. The molecule has 0 radical (unpaired) electrons. The minimum atomic E-state index is 0. The molecular formula is C15H24Cl2IN3O. The number of hydrogen-bond acceptors (Lipinski definition) is 2. The zero-order valence-electron chi connectivity index (χ0n) is 13.0. The van der Waals surface area contributed by atoms with Crippen molar-refractivity contribution in [1.29, 1.82) is 0 Å². The second-order valence-corrected chi connectivity index (χ2v) is 5.31. The third-order valence-corrected chi connectivity index (χ3v) is 3.47. The second kappa shape index (κ2) is 13.2. The molecule has 0 bridgehead atoms. The molecule has 0 aliphatic carbocycles. The van der Waals surface area contributed by atoms with E-state index in [9.17, 15) is 0 Å². The Morgan fingerprint density at radius 3 is 2.59 bits per heavy atom. The van der Waals surface area contributed by atoms with E-state index in [1.165, 1.54) is 0 Å². The first-order chi connectivity index (χ1) is 10.2. The first kappa shape index (κ1) is 21.8. The van der Waals surface area contributed by atoms with E-state index in [1.807, 2.05) is 19.1 Å². The first-order valence-corrected chi connectivity index (χ1v) is 7.89. The van der Waals surface area contributed by atoms with Gasteiger partial charge in [0.15, 0.2) is 5.96 Å². The van der Waals surface area contributed by atoms with Crippen LogP contribution in [0.3, 0.4) is 0 Å². The number of nitrogens with zero attached hydrogens (tertiary/aromatic N) is 1. The highest BCUT2D eigenvalue weighted by Crippen LogP contribution is 2.20. The summed E-state index contributed by atoms with van der Waals surface area (Å²) in [4.78, 5) is 4.17. The van der Waals surface area contributed by atoms with Crippen molar-refractivity contribution in [3.05, 3.63) is 33.8 Å². The van der Waals surface area contributed by atoms with Crippen LogP contribution in [-0.4, -0.2) is 39.3 Å². The monoisotopic (exact) mass is 459 g/mol. The Bertz CT molecular complexity index is 458. The zero-order chi connectivity index (χ0) is 15.5. The highest BCUT2D eigenvalue weighted by atomic mass is 127. The van der Waals surface area contributed by atoms with Gasteiger partial charge in [-0.3, -0.25) is 4.99 Å². The van der Waals surface area contributed by atoms with Gasteiger partial charge in [0.2, 0.25) is 0 Å². The molecule has 0 fully saturated rings. The standard InChI is InChI=1S/C15H23Cl2N3O.HI/c1-3-21-10-4-8-19-15(18-2)20-9-7-12-5-6-13(16)11-14(12)17;/h5-6,11H,3-4,7-10H2,1-2H3,(H2,18,19,20);1H. The minimum absolute atomic E-state index is 0. The van der Waals surface area contributed by atoms with Gasteiger partial charge < -0.3 is 15.4 Å². The van der Waals surface area contributed by atoms with E-state index in [-0.39, 0.29) is 24.0 Å². The number of hydrogen-bond donors (Lipinski definition) is 2. The molecule has 0 unspecified atom stereocenters. The molecule has 126 valence electrons. The van der Waals surface area contributed by atoms with Crippen molar-refractivity contribution < 1.29 is 4.74 Å². The number of guanidine groups is 1. The SMILES string of the molecule is CCOCCCNC(=NC)NCCc1ccc(Cl)cc1Cl.I. The third-order valence-electron chi connectivity index (χ3n) is 2.89. The van der Waals surface area contributed by atoms with E-state index >= 15 is 0 Å². The molecule has 0 aliphatic heterocycles. The van der Waals surface area contributed by atoms with Crippen LogP contribution in [0.15, 0.2) is 23.2 Å². The van der Waals surface area contributed by atoms with Crippen molar-refractivity contribution in [3.8, 4) is 0 Å². The molecule has 2 N–H and O–H groups in total. The molecule has 0 saturated carbocycles. The second-order valence-electron chi connectivity index (χ2n) is 4.46. The fraction of sp³-hybridized carbons (Fsp3) is 0.533. The average molecular weight is 460 g/mol. The van der Waals surface area contributed by atoms with Crippen LogP contribution in [0.4, 0.5) is 0 Å². The first-order valence-electron chi connectivity index (χ1n) is 7.13. The molecule has 0 saturated heterocycles. The molecule has 1 aromatic carbocycles. The number of halogens is 3. The smallest absolute Gasteiger partial charge is 0.190 e. The Balaban J connectivity index is 0.00000441. The maximum atomic E-state index is 6.14. The number of benzene rings is 1. The van der Waals surface area contributed by atoms with Crippen LogP contribution in [-0.2, 0) is 11.2 Å². The molecule has 0 aliphatic rings. The lowest BCUT2D eigenvalue weighted by Crippen LogP contribution is -2.39. The quantitative estimate of drug-likeness (QED) is 0.269. The fourth-order valence-corrected chi connectivity index (χ4v) is 2.29. The van der Waals surface area contributed by atoms with Gasteiger partial charge in [-0.1, -0.05) is 29.3 Å². The lowest BCUT2D eigenvalue weighted by atomic mass is 10.1. The number of aliphatic imine (C=N–C) groups is 1. The summed E-state index contributed by atoms with van der Waals surface area (Å²) in [5.74, 6) is 0.789. The van der Waals surface area contributed by atoms with E-state index in [2.05, 4.69) is 15.6 Å². The molecule has 7 heteroatoms. The Morgan fingerprint density at radius 1 is 1.23 bits per heavy atom. The van der Waals surface area contributed by atoms with E-state index in [0.717, 1.165) is 50.7 Å². The highest BCUT2D eigenvalue weighted by Gasteiger charge is 2.02. The summed E-state index contributed by atoms with van der Waals surface area (Å²) < 4.78 is 5.29. The molecule has 1 rings (SSSR count). The molecule has 0 atom stereocenters. The van der Waals surface area contributed by atoms with E-state index < -0.39 is 0 Å². The van der Waals surface area contributed by atoms with E-state index in [0.29, 0.717) is 10.0 Å². The van der Waals surface area contributed by atoms with Gasteiger partial charge in [0.1, 0.15) is 0 Å². The van der Waals surface area contributed by atoms with Crippen LogP contribution in [0.2, 0.25) is 10.0 Å². The minimum Gasteiger partial charge on any atom is -0.382 e. The molecular weight excluding hydrogens is 436 g/mol. The fourth-order valence-electron chi connectivity index (χ4n) is 1.79. The Kier molecular flexibility index (Phi) is 13.1. The predicted molar refractivity (Wildman–Crippen MR) is 106 cm³/mol. The lowest BCUT2D eigenvalue weighted by Gasteiger charge is -2.12. The average Bonchev–Trinajstić information content (AvgIpc) is 2.47. The summed E-state index contributed by atoms with van der Waals surface area (Å²) in [5.41, 5.74) is 1.07. The van der Waals surface area contributed by atoms with Crippen molar-refractivity contribution in [2.45, 2.75) is 19.8 Å². The van der Waals surface area contributed by atoms with Gasteiger partial charge in [-0.2, -0.15) is 0 Å². The summed E-state index contributed by atoms with van der Waals surface area (Å²) in [5, 5.41) is 7.85. The Labute approximate surface area is 160 Å². The summed E-state index contributed by atoms with van der Waals surface area (Å²) in [6.07, 6.45) is 1.77. The molecule has 4 nitrogen and oxygen atoms in total. The normalized spacial score (nSPS) is 11.0. The largest absolute Gasteiger partial charge is 0.382 e. The van der Waals surface area contributed by atoms with Gasteiger partial charge in [0.25, 0.3) is 0 Å². The number of rotatable bonds is 8. The van der Waals surface area contributed by atoms with Gasteiger partial charge in [-0.15, -0.1) is 24.0 Å². The van der Waals surface area contributed by atoms with Crippen LogP contribution in [0.25, 0.3) is 0 Å².